The Morgan fingerprint density at radius 2 is 1.91 bits per heavy atom. The Kier molecular flexibility index (Phi) is 8.02. The average molecular weight is 342 g/mol. The number of ether oxygens (including phenoxy) is 1. The monoisotopic (exact) mass is 341 g/mol. The SMILES string of the molecule is CCN(CC)C(=O)c1ccc(NC(=O)C2CNCCO2)cc1.Cl. The molecule has 0 bridgehead atoms. The van der Waals surface area contributed by atoms with Crippen LogP contribution in [0.2, 0.25) is 0 Å². The minimum absolute atomic E-state index is 0. The molecule has 0 spiro atoms. The van der Waals surface area contributed by atoms with Crippen molar-refractivity contribution in [2.24, 2.45) is 0 Å². The van der Waals surface area contributed by atoms with Crippen LogP contribution in [0.5, 0.6) is 0 Å². The molecular weight excluding hydrogens is 318 g/mol. The van der Waals surface area contributed by atoms with Gasteiger partial charge in [-0.1, -0.05) is 0 Å². The number of halogens is 1. The van der Waals surface area contributed by atoms with Crippen LogP contribution in [-0.4, -0.2) is 55.6 Å². The van der Waals surface area contributed by atoms with Gasteiger partial charge in [-0.3, -0.25) is 9.59 Å². The topological polar surface area (TPSA) is 70.7 Å². The fourth-order valence-electron chi connectivity index (χ4n) is 2.35. The highest BCUT2D eigenvalue weighted by molar-refractivity contribution is 5.97. The Bertz CT molecular complexity index is 512. The Hall–Kier alpha value is -1.63. The van der Waals surface area contributed by atoms with Crippen LogP contribution in [0.3, 0.4) is 0 Å². The summed E-state index contributed by atoms with van der Waals surface area (Å²) in [5.74, 6) is -0.169. The summed E-state index contributed by atoms with van der Waals surface area (Å²) in [6.07, 6.45) is -0.467. The molecule has 1 unspecified atom stereocenters. The molecule has 2 rings (SSSR count). The number of morpholine rings is 1. The maximum Gasteiger partial charge on any atom is 0.254 e. The maximum atomic E-state index is 12.2. The first-order valence-corrected chi connectivity index (χ1v) is 7.68. The van der Waals surface area contributed by atoms with Crippen LogP contribution in [0.1, 0.15) is 24.2 Å². The predicted molar refractivity (Wildman–Crippen MR) is 92.2 cm³/mol. The van der Waals surface area contributed by atoms with Crippen molar-refractivity contribution in [3.05, 3.63) is 29.8 Å². The molecule has 1 aromatic rings. The van der Waals surface area contributed by atoms with E-state index in [0.29, 0.717) is 37.5 Å². The number of hydrogen-bond acceptors (Lipinski definition) is 4. The third-order valence-electron chi connectivity index (χ3n) is 3.67. The second-order valence-corrected chi connectivity index (χ2v) is 5.11. The summed E-state index contributed by atoms with van der Waals surface area (Å²) < 4.78 is 5.40. The molecule has 1 fully saturated rings. The van der Waals surface area contributed by atoms with Crippen molar-refractivity contribution in [3.63, 3.8) is 0 Å². The Balaban J connectivity index is 0.00000264. The number of amides is 2. The molecule has 23 heavy (non-hydrogen) atoms. The van der Waals surface area contributed by atoms with Crippen molar-refractivity contribution in [1.29, 1.82) is 0 Å². The molecule has 128 valence electrons. The predicted octanol–water partition coefficient (Wildman–Crippen LogP) is 1.52. The molecule has 1 aromatic carbocycles. The van der Waals surface area contributed by atoms with Gasteiger partial charge in [-0.15, -0.1) is 12.4 Å². The van der Waals surface area contributed by atoms with Crippen LogP contribution >= 0.6 is 12.4 Å². The van der Waals surface area contributed by atoms with Gasteiger partial charge in [0.1, 0.15) is 6.10 Å². The van der Waals surface area contributed by atoms with Gasteiger partial charge in [-0.25, -0.2) is 0 Å². The molecular formula is C16H24ClN3O3. The minimum atomic E-state index is -0.467. The molecule has 7 heteroatoms. The van der Waals surface area contributed by atoms with Crippen molar-refractivity contribution in [1.82, 2.24) is 10.2 Å². The molecule has 1 atom stereocenters. The number of carbonyl (C=O) groups excluding carboxylic acids is 2. The summed E-state index contributed by atoms with van der Waals surface area (Å²) in [5, 5.41) is 5.92. The summed E-state index contributed by atoms with van der Waals surface area (Å²) >= 11 is 0. The molecule has 1 saturated heterocycles. The van der Waals surface area contributed by atoms with Crippen LogP contribution in [0.25, 0.3) is 0 Å². The third-order valence-corrected chi connectivity index (χ3v) is 3.67. The lowest BCUT2D eigenvalue weighted by Gasteiger charge is -2.22. The van der Waals surface area contributed by atoms with E-state index in [0.717, 1.165) is 6.54 Å². The fourth-order valence-corrected chi connectivity index (χ4v) is 2.35. The minimum Gasteiger partial charge on any atom is -0.366 e. The Labute approximate surface area is 143 Å². The van der Waals surface area contributed by atoms with Gasteiger partial charge in [0.2, 0.25) is 0 Å². The first kappa shape index (κ1) is 19.4. The van der Waals surface area contributed by atoms with E-state index < -0.39 is 6.10 Å². The first-order valence-electron chi connectivity index (χ1n) is 7.68. The van der Waals surface area contributed by atoms with E-state index in [2.05, 4.69) is 10.6 Å². The number of carbonyl (C=O) groups is 2. The molecule has 6 nitrogen and oxygen atoms in total. The lowest BCUT2D eigenvalue weighted by atomic mass is 10.1. The van der Waals surface area contributed by atoms with Gasteiger partial charge >= 0.3 is 0 Å². The lowest BCUT2D eigenvalue weighted by molar-refractivity contribution is -0.128. The van der Waals surface area contributed by atoms with Crippen LogP contribution in [0, 0.1) is 0 Å². The van der Waals surface area contributed by atoms with E-state index in [1.54, 1.807) is 29.2 Å². The number of benzene rings is 1. The van der Waals surface area contributed by atoms with E-state index in [9.17, 15) is 9.59 Å². The van der Waals surface area contributed by atoms with Gasteiger partial charge in [0.05, 0.1) is 6.61 Å². The summed E-state index contributed by atoms with van der Waals surface area (Å²) in [6.45, 7) is 7.09. The highest BCUT2D eigenvalue weighted by Gasteiger charge is 2.21. The van der Waals surface area contributed by atoms with Gasteiger partial charge in [0.15, 0.2) is 0 Å². The van der Waals surface area contributed by atoms with Gasteiger partial charge in [0, 0.05) is 37.4 Å². The lowest BCUT2D eigenvalue weighted by Crippen LogP contribution is -2.45. The zero-order chi connectivity index (χ0) is 15.9. The number of rotatable bonds is 5. The van der Waals surface area contributed by atoms with Crippen molar-refractivity contribution < 1.29 is 14.3 Å². The van der Waals surface area contributed by atoms with E-state index >= 15 is 0 Å². The third kappa shape index (κ3) is 5.20. The molecule has 1 aliphatic heterocycles. The molecule has 1 aliphatic rings. The molecule has 0 radical (unpaired) electrons. The average Bonchev–Trinajstić information content (AvgIpc) is 2.57. The summed E-state index contributed by atoms with van der Waals surface area (Å²) in [4.78, 5) is 26.0. The molecule has 2 N–H and O–H groups in total. The van der Waals surface area contributed by atoms with Gasteiger partial charge in [0.25, 0.3) is 11.8 Å². The van der Waals surface area contributed by atoms with E-state index in [4.69, 9.17) is 4.74 Å². The highest BCUT2D eigenvalue weighted by Crippen LogP contribution is 2.12. The van der Waals surface area contributed by atoms with Crippen molar-refractivity contribution in [2.75, 3.05) is 38.1 Å². The van der Waals surface area contributed by atoms with Crippen LogP contribution in [0.15, 0.2) is 24.3 Å². The smallest absolute Gasteiger partial charge is 0.254 e. The second-order valence-electron chi connectivity index (χ2n) is 5.11. The fraction of sp³-hybridized carbons (Fsp3) is 0.500. The van der Waals surface area contributed by atoms with Gasteiger partial charge in [-0.05, 0) is 38.1 Å². The van der Waals surface area contributed by atoms with Crippen molar-refractivity contribution >= 4 is 29.9 Å². The summed E-state index contributed by atoms with van der Waals surface area (Å²) in [7, 11) is 0. The number of nitrogens with one attached hydrogen (secondary N) is 2. The van der Waals surface area contributed by atoms with Crippen LogP contribution in [0.4, 0.5) is 5.69 Å². The van der Waals surface area contributed by atoms with Crippen molar-refractivity contribution in [3.8, 4) is 0 Å². The Morgan fingerprint density at radius 1 is 1.26 bits per heavy atom. The first-order chi connectivity index (χ1) is 10.7. The number of nitrogens with zero attached hydrogens (tertiary/aromatic N) is 1. The molecule has 0 saturated carbocycles. The largest absolute Gasteiger partial charge is 0.366 e. The van der Waals surface area contributed by atoms with E-state index in [-0.39, 0.29) is 24.2 Å². The summed E-state index contributed by atoms with van der Waals surface area (Å²) in [6, 6.07) is 6.95. The number of hydrogen-bond donors (Lipinski definition) is 2. The van der Waals surface area contributed by atoms with E-state index in [1.807, 2.05) is 13.8 Å². The maximum absolute atomic E-state index is 12.2. The molecule has 1 heterocycles. The zero-order valence-electron chi connectivity index (χ0n) is 13.5. The second kappa shape index (κ2) is 9.50. The highest BCUT2D eigenvalue weighted by atomic mass is 35.5. The molecule has 2 amide bonds. The standard InChI is InChI=1S/C16H23N3O3.ClH/c1-3-19(4-2)16(21)12-5-7-13(8-6-12)18-15(20)14-11-17-9-10-22-14;/h5-8,14,17H,3-4,9-11H2,1-2H3,(H,18,20);1H. The molecule has 0 aliphatic carbocycles. The normalized spacial score (nSPS) is 17.0. The molecule has 0 aromatic heterocycles. The van der Waals surface area contributed by atoms with Gasteiger partial charge < -0.3 is 20.3 Å². The van der Waals surface area contributed by atoms with Crippen molar-refractivity contribution in [2.45, 2.75) is 20.0 Å². The zero-order valence-corrected chi connectivity index (χ0v) is 14.3. The summed E-state index contributed by atoms with van der Waals surface area (Å²) in [5.41, 5.74) is 1.28. The van der Waals surface area contributed by atoms with Gasteiger partial charge in [-0.2, -0.15) is 0 Å². The number of anilines is 1. The quantitative estimate of drug-likeness (QED) is 0.852. The van der Waals surface area contributed by atoms with Crippen LogP contribution < -0.4 is 10.6 Å². The Morgan fingerprint density at radius 3 is 2.43 bits per heavy atom. The van der Waals surface area contributed by atoms with E-state index in [1.165, 1.54) is 0 Å². The van der Waals surface area contributed by atoms with Crippen LogP contribution in [-0.2, 0) is 9.53 Å².